The molecule has 2 aromatic rings. The Morgan fingerprint density at radius 3 is 2.70 bits per heavy atom. The van der Waals surface area contributed by atoms with Crippen LogP contribution in [0.25, 0.3) is 0 Å². The Balaban J connectivity index is 2.47. The number of Topliss-reactive ketones (excluding diaryl/α,β-unsaturated/α-hetero) is 1. The molecule has 1 aromatic heterocycles. The number of aldehydes is 1. The van der Waals surface area contributed by atoms with Crippen LogP contribution >= 0.6 is 11.6 Å². The molecule has 0 aliphatic rings. The summed E-state index contributed by atoms with van der Waals surface area (Å²) >= 11 is 5.92. The molecule has 20 heavy (non-hydrogen) atoms. The molecule has 2 rings (SSSR count). The predicted molar refractivity (Wildman–Crippen MR) is 68.1 cm³/mol. The van der Waals surface area contributed by atoms with E-state index in [9.17, 15) is 18.4 Å². The van der Waals surface area contributed by atoms with Crippen molar-refractivity contribution < 1.29 is 18.4 Å². The van der Waals surface area contributed by atoms with E-state index in [1.807, 2.05) is 0 Å². The minimum absolute atomic E-state index is 0.0157. The maximum Gasteiger partial charge on any atom is 0.180 e. The highest BCUT2D eigenvalue weighted by molar-refractivity contribution is 6.32. The third-order valence-corrected chi connectivity index (χ3v) is 3.13. The number of hydrogen-bond acceptors (Lipinski definition) is 3. The van der Waals surface area contributed by atoms with Crippen LogP contribution in [-0.4, -0.2) is 21.8 Å². The van der Waals surface area contributed by atoms with Crippen molar-refractivity contribution in [3.8, 4) is 0 Å². The van der Waals surface area contributed by atoms with Gasteiger partial charge in [-0.2, -0.15) is 5.10 Å². The highest BCUT2D eigenvalue weighted by Gasteiger charge is 2.20. The Bertz CT molecular complexity index is 698. The molecule has 7 heteroatoms. The van der Waals surface area contributed by atoms with Crippen LogP contribution in [0.15, 0.2) is 18.2 Å². The summed E-state index contributed by atoms with van der Waals surface area (Å²) in [5.74, 6) is -2.45. The lowest BCUT2D eigenvalue weighted by Crippen LogP contribution is -2.06. The molecule has 1 heterocycles. The number of ketones is 1. The molecule has 0 amide bonds. The van der Waals surface area contributed by atoms with E-state index in [1.54, 1.807) is 0 Å². The number of carbonyl (C=O) groups excluding carboxylic acids is 2. The van der Waals surface area contributed by atoms with E-state index < -0.39 is 17.4 Å². The molecule has 0 saturated carbocycles. The number of aromatic nitrogens is 2. The Hall–Kier alpha value is -2.08. The molecular formula is C13H9ClF2N2O2. The fraction of sp³-hybridized carbons (Fsp3) is 0.154. The van der Waals surface area contributed by atoms with Crippen molar-refractivity contribution in [1.29, 1.82) is 0 Å². The van der Waals surface area contributed by atoms with Crippen molar-refractivity contribution in [2.75, 3.05) is 0 Å². The molecule has 104 valence electrons. The SMILES string of the molecule is CC(=O)c1nn(Cc2cccc(F)c2F)c(Cl)c1C=O. The van der Waals surface area contributed by atoms with Crippen molar-refractivity contribution in [3.63, 3.8) is 0 Å². The van der Waals surface area contributed by atoms with Gasteiger partial charge in [-0.05, 0) is 6.07 Å². The number of rotatable bonds is 4. The molecule has 0 saturated heterocycles. The van der Waals surface area contributed by atoms with E-state index in [2.05, 4.69) is 5.10 Å². The summed E-state index contributed by atoms with van der Waals surface area (Å²) in [7, 11) is 0. The molecule has 0 atom stereocenters. The van der Waals surface area contributed by atoms with Gasteiger partial charge in [-0.3, -0.25) is 9.59 Å². The number of halogens is 3. The van der Waals surface area contributed by atoms with Crippen LogP contribution in [0, 0.1) is 11.6 Å². The van der Waals surface area contributed by atoms with Crippen molar-refractivity contribution in [1.82, 2.24) is 9.78 Å². The normalized spacial score (nSPS) is 10.6. The molecule has 0 aliphatic heterocycles. The third kappa shape index (κ3) is 2.46. The Morgan fingerprint density at radius 1 is 1.45 bits per heavy atom. The van der Waals surface area contributed by atoms with E-state index >= 15 is 0 Å². The molecule has 0 unspecified atom stereocenters. The van der Waals surface area contributed by atoms with Crippen molar-refractivity contribution in [2.24, 2.45) is 0 Å². The molecule has 0 aliphatic carbocycles. The van der Waals surface area contributed by atoms with E-state index in [1.165, 1.54) is 19.1 Å². The summed E-state index contributed by atoms with van der Waals surface area (Å²) in [5, 5.41) is 3.77. The van der Waals surface area contributed by atoms with Gasteiger partial charge in [0.05, 0.1) is 12.1 Å². The first-order chi connectivity index (χ1) is 9.45. The van der Waals surface area contributed by atoms with Gasteiger partial charge in [-0.1, -0.05) is 23.7 Å². The lowest BCUT2D eigenvalue weighted by molar-refractivity contribution is 0.100. The van der Waals surface area contributed by atoms with Crippen molar-refractivity contribution in [3.05, 3.63) is 51.8 Å². The molecular weight excluding hydrogens is 290 g/mol. The van der Waals surface area contributed by atoms with E-state index in [-0.39, 0.29) is 28.5 Å². The largest absolute Gasteiger partial charge is 0.298 e. The van der Waals surface area contributed by atoms with Crippen LogP contribution in [0.3, 0.4) is 0 Å². The van der Waals surface area contributed by atoms with Crippen LogP contribution in [0.4, 0.5) is 8.78 Å². The zero-order chi connectivity index (χ0) is 14.9. The Kier molecular flexibility index (Phi) is 3.94. The Morgan fingerprint density at radius 2 is 2.15 bits per heavy atom. The number of benzene rings is 1. The maximum absolute atomic E-state index is 13.6. The molecule has 0 spiro atoms. The van der Waals surface area contributed by atoms with Gasteiger partial charge in [0.15, 0.2) is 23.7 Å². The lowest BCUT2D eigenvalue weighted by Gasteiger charge is -2.05. The maximum atomic E-state index is 13.6. The lowest BCUT2D eigenvalue weighted by atomic mass is 10.2. The summed E-state index contributed by atoms with van der Waals surface area (Å²) in [6.45, 7) is 1.05. The van der Waals surface area contributed by atoms with Crippen LogP contribution < -0.4 is 0 Å². The van der Waals surface area contributed by atoms with Gasteiger partial charge in [-0.25, -0.2) is 13.5 Å². The Labute approximate surface area is 118 Å². The first-order valence-corrected chi connectivity index (χ1v) is 5.98. The first kappa shape index (κ1) is 14.3. The summed E-state index contributed by atoms with van der Waals surface area (Å²) in [6.07, 6.45) is 0.407. The minimum atomic E-state index is -1.02. The first-order valence-electron chi connectivity index (χ1n) is 5.61. The summed E-state index contributed by atoms with van der Waals surface area (Å²) < 4.78 is 27.8. The van der Waals surface area contributed by atoms with Crippen molar-refractivity contribution in [2.45, 2.75) is 13.5 Å². The monoisotopic (exact) mass is 298 g/mol. The second-order valence-electron chi connectivity index (χ2n) is 4.10. The smallest absolute Gasteiger partial charge is 0.180 e. The van der Waals surface area contributed by atoms with Gasteiger partial charge in [-0.15, -0.1) is 0 Å². The minimum Gasteiger partial charge on any atom is -0.298 e. The second-order valence-corrected chi connectivity index (χ2v) is 4.46. The highest BCUT2D eigenvalue weighted by atomic mass is 35.5. The third-order valence-electron chi connectivity index (χ3n) is 2.73. The van der Waals surface area contributed by atoms with Gasteiger partial charge in [0.2, 0.25) is 0 Å². The molecule has 0 bridgehead atoms. The van der Waals surface area contributed by atoms with Crippen LogP contribution in [0.1, 0.15) is 33.3 Å². The molecule has 1 aromatic carbocycles. The van der Waals surface area contributed by atoms with Crippen LogP contribution in [-0.2, 0) is 6.54 Å². The molecule has 0 N–H and O–H groups in total. The van der Waals surface area contributed by atoms with Gasteiger partial charge in [0.1, 0.15) is 10.8 Å². The quantitative estimate of drug-likeness (QED) is 0.644. The topological polar surface area (TPSA) is 52.0 Å². The highest BCUT2D eigenvalue weighted by Crippen LogP contribution is 2.21. The fourth-order valence-corrected chi connectivity index (χ4v) is 1.99. The fourth-order valence-electron chi connectivity index (χ4n) is 1.76. The van der Waals surface area contributed by atoms with Gasteiger partial charge >= 0.3 is 0 Å². The van der Waals surface area contributed by atoms with Crippen LogP contribution in [0.5, 0.6) is 0 Å². The molecule has 4 nitrogen and oxygen atoms in total. The summed E-state index contributed by atoms with van der Waals surface area (Å²) in [6, 6.07) is 3.70. The number of nitrogens with zero attached hydrogens (tertiary/aromatic N) is 2. The summed E-state index contributed by atoms with van der Waals surface area (Å²) in [4.78, 5) is 22.3. The zero-order valence-electron chi connectivity index (χ0n) is 10.4. The zero-order valence-corrected chi connectivity index (χ0v) is 11.1. The standard InChI is InChI=1S/C13H9ClF2N2O2/c1-7(20)12-9(6-19)13(14)18(17-12)5-8-3-2-4-10(15)11(8)16/h2-4,6H,5H2,1H3. The number of hydrogen-bond donors (Lipinski definition) is 0. The van der Waals surface area contributed by atoms with Gasteiger partial charge in [0, 0.05) is 12.5 Å². The average Bonchev–Trinajstić information content (AvgIpc) is 2.72. The predicted octanol–water partition coefficient (Wildman–Crippen LogP) is 2.88. The van der Waals surface area contributed by atoms with Crippen LogP contribution in [0.2, 0.25) is 5.15 Å². The van der Waals surface area contributed by atoms with E-state index in [0.717, 1.165) is 10.7 Å². The van der Waals surface area contributed by atoms with Gasteiger partial charge < -0.3 is 0 Å². The van der Waals surface area contributed by atoms with Crippen molar-refractivity contribution >= 4 is 23.7 Å². The van der Waals surface area contributed by atoms with E-state index in [4.69, 9.17) is 11.6 Å². The van der Waals surface area contributed by atoms with Gasteiger partial charge in [0.25, 0.3) is 0 Å². The molecule has 0 radical (unpaired) electrons. The number of carbonyl (C=O) groups is 2. The van der Waals surface area contributed by atoms with E-state index in [0.29, 0.717) is 6.29 Å². The second kappa shape index (κ2) is 5.50. The average molecular weight is 299 g/mol. The molecule has 0 fully saturated rings. The summed E-state index contributed by atoms with van der Waals surface area (Å²) in [5.41, 5.74) is -0.139.